The predicted molar refractivity (Wildman–Crippen MR) is 69.9 cm³/mol. The van der Waals surface area contributed by atoms with E-state index in [1.54, 1.807) is 0 Å². The van der Waals surface area contributed by atoms with Gasteiger partial charge in [0.25, 0.3) is 0 Å². The maximum absolute atomic E-state index is 12.2. The minimum Gasteiger partial charge on any atom is -0.355 e. The van der Waals surface area contributed by atoms with Gasteiger partial charge >= 0.3 is 0 Å². The summed E-state index contributed by atoms with van der Waals surface area (Å²) in [6.07, 6.45) is 3.47. The maximum Gasteiger partial charge on any atom is 0.228 e. The van der Waals surface area contributed by atoms with Crippen LogP contribution in [0.25, 0.3) is 0 Å². The molecular weight excluding hydrogens is 228 g/mol. The fourth-order valence-electron chi connectivity index (χ4n) is 2.59. The molecule has 18 heavy (non-hydrogen) atoms. The van der Waals surface area contributed by atoms with Crippen LogP contribution in [0.2, 0.25) is 0 Å². The van der Waals surface area contributed by atoms with Gasteiger partial charge in [0.05, 0.1) is 5.92 Å². The summed E-state index contributed by atoms with van der Waals surface area (Å²) in [4.78, 5) is 25.2. The lowest BCUT2D eigenvalue weighted by Gasteiger charge is -2.33. The Hall–Kier alpha value is -1.32. The van der Waals surface area contributed by atoms with Crippen LogP contribution >= 0.6 is 0 Å². The SMILES string of the molecule is CC(C)(C)C1=CCN(C(=O)C2CNC(=O)C2)CC1. The van der Waals surface area contributed by atoms with Crippen molar-refractivity contribution in [1.82, 2.24) is 10.2 Å². The van der Waals surface area contributed by atoms with E-state index in [0.29, 0.717) is 19.5 Å². The Bertz CT molecular complexity index is 393. The number of hydrogen-bond donors (Lipinski definition) is 1. The molecule has 0 aromatic heterocycles. The largest absolute Gasteiger partial charge is 0.355 e. The van der Waals surface area contributed by atoms with Gasteiger partial charge in [-0.25, -0.2) is 0 Å². The summed E-state index contributed by atoms with van der Waals surface area (Å²) in [5.74, 6) is -0.0315. The molecule has 2 heterocycles. The van der Waals surface area contributed by atoms with Crippen LogP contribution in [-0.2, 0) is 9.59 Å². The Morgan fingerprint density at radius 1 is 1.44 bits per heavy atom. The minimum absolute atomic E-state index is 0.00344. The second-order valence-corrected chi connectivity index (χ2v) is 6.22. The van der Waals surface area contributed by atoms with Crippen LogP contribution in [0, 0.1) is 11.3 Å². The average Bonchev–Trinajstić information content (AvgIpc) is 2.74. The van der Waals surface area contributed by atoms with Gasteiger partial charge in [0.2, 0.25) is 11.8 Å². The molecule has 1 atom stereocenters. The number of carbonyl (C=O) groups is 2. The molecule has 0 radical (unpaired) electrons. The number of hydrogen-bond acceptors (Lipinski definition) is 2. The number of amides is 2. The van der Waals surface area contributed by atoms with E-state index in [1.807, 2.05) is 4.90 Å². The van der Waals surface area contributed by atoms with E-state index in [4.69, 9.17) is 0 Å². The number of rotatable bonds is 1. The first-order valence-corrected chi connectivity index (χ1v) is 6.63. The molecule has 1 fully saturated rings. The lowest BCUT2D eigenvalue weighted by atomic mass is 9.83. The summed E-state index contributed by atoms with van der Waals surface area (Å²) >= 11 is 0. The third-order valence-corrected chi connectivity index (χ3v) is 3.81. The summed E-state index contributed by atoms with van der Waals surface area (Å²) in [6, 6.07) is 0. The zero-order valence-electron chi connectivity index (χ0n) is 11.5. The van der Waals surface area contributed by atoms with E-state index < -0.39 is 0 Å². The Balaban J connectivity index is 1.95. The van der Waals surface area contributed by atoms with Crippen molar-refractivity contribution in [3.63, 3.8) is 0 Å². The molecule has 2 rings (SSSR count). The van der Waals surface area contributed by atoms with Gasteiger partial charge in [-0.05, 0) is 11.8 Å². The summed E-state index contributed by atoms with van der Waals surface area (Å²) in [7, 11) is 0. The molecule has 1 unspecified atom stereocenters. The maximum atomic E-state index is 12.2. The number of carbonyl (C=O) groups excluding carboxylic acids is 2. The lowest BCUT2D eigenvalue weighted by molar-refractivity contribution is -0.135. The molecule has 4 heteroatoms. The topological polar surface area (TPSA) is 49.4 Å². The van der Waals surface area contributed by atoms with Crippen molar-refractivity contribution in [2.24, 2.45) is 11.3 Å². The molecule has 2 aliphatic rings. The smallest absolute Gasteiger partial charge is 0.228 e. The molecule has 100 valence electrons. The second-order valence-electron chi connectivity index (χ2n) is 6.22. The van der Waals surface area contributed by atoms with E-state index in [1.165, 1.54) is 5.57 Å². The van der Waals surface area contributed by atoms with Crippen molar-refractivity contribution in [1.29, 1.82) is 0 Å². The van der Waals surface area contributed by atoms with E-state index >= 15 is 0 Å². The van der Waals surface area contributed by atoms with E-state index in [9.17, 15) is 9.59 Å². The molecule has 1 N–H and O–H groups in total. The fraction of sp³-hybridized carbons (Fsp3) is 0.714. The molecule has 0 aromatic rings. The fourth-order valence-corrected chi connectivity index (χ4v) is 2.59. The molecular formula is C14H22N2O2. The van der Waals surface area contributed by atoms with Crippen molar-refractivity contribution >= 4 is 11.8 Å². The highest BCUT2D eigenvalue weighted by Gasteiger charge is 2.32. The predicted octanol–water partition coefficient (Wildman–Crippen LogP) is 1.33. The highest BCUT2D eigenvalue weighted by Crippen LogP contribution is 2.30. The molecule has 0 aliphatic carbocycles. The Morgan fingerprint density at radius 2 is 2.17 bits per heavy atom. The average molecular weight is 250 g/mol. The van der Waals surface area contributed by atoms with Crippen LogP contribution in [0.1, 0.15) is 33.6 Å². The van der Waals surface area contributed by atoms with Crippen LogP contribution in [0.3, 0.4) is 0 Å². The molecule has 0 saturated carbocycles. The lowest BCUT2D eigenvalue weighted by Crippen LogP contribution is -2.40. The molecule has 1 saturated heterocycles. The highest BCUT2D eigenvalue weighted by molar-refractivity contribution is 5.89. The van der Waals surface area contributed by atoms with Crippen molar-refractivity contribution < 1.29 is 9.59 Å². The van der Waals surface area contributed by atoms with Gasteiger partial charge in [-0.3, -0.25) is 9.59 Å². The quantitative estimate of drug-likeness (QED) is 0.714. The van der Waals surface area contributed by atoms with Gasteiger partial charge in [0, 0.05) is 26.1 Å². The number of nitrogens with zero attached hydrogens (tertiary/aromatic N) is 1. The van der Waals surface area contributed by atoms with Gasteiger partial charge in [0.15, 0.2) is 0 Å². The van der Waals surface area contributed by atoms with Crippen LogP contribution in [0.15, 0.2) is 11.6 Å². The second kappa shape index (κ2) is 4.75. The van der Waals surface area contributed by atoms with E-state index in [-0.39, 0.29) is 23.1 Å². The van der Waals surface area contributed by atoms with Crippen molar-refractivity contribution in [3.8, 4) is 0 Å². The summed E-state index contributed by atoms with van der Waals surface area (Å²) < 4.78 is 0. The van der Waals surface area contributed by atoms with Crippen LogP contribution in [0.4, 0.5) is 0 Å². The first kappa shape index (κ1) is 13.1. The van der Waals surface area contributed by atoms with Crippen LogP contribution in [-0.4, -0.2) is 36.3 Å². The summed E-state index contributed by atoms with van der Waals surface area (Å²) in [5.41, 5.74) is 1.62. The van der Waals surface area contributed by atoms with Gasteiger partial charge in [-0.15, -0.1) is 0 Å². The molecule has 2 aliphatic heterocycles. The molecule has 0 bridgehead atoms. The summed E-state index contributed by atoms with van der Waals surface area (Å²) in [5, 5.41) is 2.72. The third kappa shape index (κ3) is 2.74. The Labute approximate surface area is 108 Å². The van der Waals surface area contributed by atoms with E-state index in [0.717, 1.165) is 13.0 Å². The zero-order valence-corrected chi connectivity index (χ0v) is 11.5. The van der Waals surface area contributed by atoms with Gasteiger partial charge in [-0.2, -0.15) is 0 Å². The van der Waals surface area contributed by atoms with Gasteiger partial charge in [0.1, 0.15) is 0 Å². The minimum atomic E-state index is -0.151. The monoisotopic (exact) mass is 250 g/mol. The molecule has 2 amide bonds. The normalized spacial score (nSPS) is 24.8. The Kier molecular flexibility index (Phi) is 3.46. The third-order valence-electron chi connectivity index (χ3n) is 3.81. The van der Waals surface area contributed by atoms with Gasteiger partial charge in [-0.1, -0.05) is 32.4 Å². The van der Waals surface area contributed by atoms with E-state index in [2.05, 4.69) is 32.2 Å². The van der Waals surface area contributed by atoms with Gasteiger partial charge < -0.3 is 10.2 Å². The summed E-state index contributed by atoms with van der Waals surface area (Å²) in [6.45, 7) is 8.59. The molecule has 0 spiro atoms. The van der Waals surface area contributed by atoms with Crippen LogP contribution in [0.5, 0.6) is 0 Å². The molecule has 4 nitrogen and oxygen atoms in total. The highest BCUT2D eigenvalue weighted by atomic mass is 16.2. The van der Waals surface area contributed by atoms with Crippen molar-refractivity contribution in [3.05, 3.63) is 11.6 Å². The van der Waals surface area contributed by atoms with Crippen LogP contribution < -0.4 is 5.32 Å². The standard InChI is InChI=1S/C14H22N2O2/c1-14(2,3)11-4-6-16(7-5-11)13(18)10-8-12(17)15-9-10/h4,10H,5-9H2,1-3H3,(H,15,17). The van der Waals surface area contributed by atoms with Crippen molar-refractivity contribution in [2.45, 2.75) is 33.6 Å². The molecule has 0 aromatic carbocycles. The van der Waals surface area contributed by atoms with Crippen molar-refractivity contribution in [2.75, 3.05) is 19.6 Å². The zero-order chi connectivity index (χ0) is 13.3. The first-order valence-electron chi connectivity index (χ1n) is 6.63. The first-order chi connectivity index (χ1) is 8.38. The number of nitrogens with one attached hydrogen (secondary N) is 1. The Morgan fingerprint density at radius 3 is 2.61 bits per heavy atom.